The van der Waals surface area contributed by atoms with E-state index in [9.17, 15) is 13.2 Å². The predicted molar refractivity (Wildman–Crippen MR) is 81.5 cm³/mol. The number of ether oxygens (including phenoxy) is 2. The van der Waals surface area contributed by atoms with E-state index < -0.39 is 6.61 Å². The van der Waals surface area contributed by atoms with Crippen LogP contribution in [0.5, 0.6) is 5.75 Å². The van der Waals surface area contributed by atoms with Gasteiger partial charge in [-0.3, -0.25) is 0 Å². The molecular formula is C17H16F3NO2. The molecule has 2 aromatic carbocycles. The van der Waals surface area contributed by atoms with Crippen LogP contribution in [0.4, 0.5) is 18.9 Å². The lowest BCUT2D eigenvalue weighted by molar-refractivity contribution is -0.0498. The summed E-state index contributed by atoms with van der Waals surface area (Å²) in [4.78, 5) is 1.94. The summed E-state index contributed by atoms with van der Waals surface area (Å²) in [7, 11) is 0. The van der Waals surface area contributed by atoms with E-state index in [2.05, 4.69) is 4.74 Å². The first-order chi connectivity index (χ1) is 11.1. The highest BCUT2D eigenvalue weighted by Gasteiger charge is 2.16. The zero-order valence-corrected chi connectivity index (χ0v) is 12.3. The fraction of sp³-hybridized carbons (Fsp3) is 0.294. The summed E-state index contributed by atoms with van der Waals surface area (Å²) in [6, 6.07) is 11.1. The molecule has 0 aromatic heterocycles. The second-order valence-corrected chi connectivity index (χ2v) is 5.17. The lowest BCUT2D eigenvalue weighted by Gasteiger charge is -2.29. The van der Waals surface area contributed by atoms with E-state index in [-0.39, 0.29) is 11.6 Å². The van der Waals surface area contributed by atoms with Gasteiger partial charge in [0, 0.05) is 13.1 Å². The highest BCUT2D eigenvalue weighted by Crippen LogP contribution is 2.29. The fourth-order valence-corrected chi connectivity index (χ4v) is 2.57. The molecule has 3 nitrogen and oxygen atoms in total. The van der Waals surface area contributed by atoms with Crippen molar-refractivity contribution in [2.24, 2.45) is 0 Å². The Hall–Kier alpha value is -2.21. The quantitative estimate of drug-likeness (QED) is 0.851. The smallest absolute Gasteiger partial charge is 0.387 e. The molecule has 0 aliphatic carbocycles. The monoisotopic (exact) mass is 323 g/mol. The van der Waals surface area contributed by atoms with Crippen molar-refractivity contribution in [1.29, 1.82) is 0 Å². The molecule has 0 atom stereocenters. The van der Waals surface area contributed by atoms with Gasteiger partial charge in [0.15, 0.2) is 0 Å². The molecule has 0 amide bonds. The molecule has 1 aliphatic rings. The van der Waals surface area contributed by atoms with Gasteiger partial charge in [0.25, 0.3) is 0 Å². The van der Waals surface area contributed by atoms with Crippen LogP contribution in [0.1, 0.15) is 0 Å². The lowest BCUT2D eigenvalue weighted by atomic mass is 10.0. The van der Waals surface area contributed by atoms with E-state index in [4.69, 9.17) is 4.74 Å². The maximum Gasteiger partial charge on any atom is 0.387 e. The third kappa shape index (κ3) is 3.76. The minimum absolute atomic E-state index is 0.0965. The van der Waals surface area contributed by atoms with Crippen molar-refractivity contribution in [2.75, 3.05) is 31.2 Å². The van der Waals surface area contributed by atoms with E-state index in [0.29, 0.717) is 32.0 Å². The third-order valence-corrected chi connectivity index (χ3v) is 3.71. The largest absolute Gasteiger partial charge is 0.435 e. The molecule has 3 rings (SSSR count). The average molecular weight is 323 g/mol. The third-order valence-electron chi connectivity index (χ3n) is 3.71. The van der Waals surface area contributed by atoms with Gasteiger partial charge in [-0.05, 0) is 35.4 Å². The Morgan fingerprint density at radius 3 is 2.26 bits per heavy atom. The van der Waals surface area contributed by atoms with Gasteiger partial charge >= 0.3 is 6.61 Å². The maximum absolute atomic E-state index is 14.1. The lowest BCUT2D eigenvalue weighted by Crippen LogP contribution is -2.36. The minimum atomic E-state index is -2.85. The Labute approximate surface area is 132 Å². The van der Waals surface area contributed by atoms with Gasteiger partial charge in [-0.15, -0.1) is 0 Å². The number of alkyl halides is 2. The van der Waals surface area contributed by atoms with E-state index in [1.165, 1.54) is 18.2 Å². The number of anilines is 1. The summed E-state index contributed by atoms with van der Waals surface area (Å²) >= 11 is 0. The summed E-state index contributed by atoms with van der Waals surface area (Å²) in [5.41, 5.74) is 2.15. The van der Waals surface area contributed by atoms with Gasteiger partial charge < -0.3 is 14.4 Å². The van der Waals surface area contributed by atoms with Crippen LogP contribution in [0.2, 0.25) is 0 Å². The molecule has 2 aromatic rings. The van der Waals surface area contributed by atoms with Gasteiger partial charge in [-0.2, -0.15) is 8.78 Å². The number of benzene rings is 2. The normalized spacial score (nSPS) is 15.0. The van der Waals surface area contributed by atoms with Crippen molar-refractivity contribution in [3.8, 4) is 16.9 Å². The molecule has 0 saturated carbocycles. The highest BCUT2D eigenvalue weighted by molar-refractivity contribution is 5.69. The van der Waals surface area contributed by atoms with Crippen molar-refractivity contribution in [3.05, 3.63) is 48.3 Å². The van der Waals surface area contributed by atoms with Crippen molar-refractivity contribution >= 4 is 5.69 Å². The first-order valence-electron chi connectivity index (χ1n) is 7.31. The summed E-state index contributed by atoms with van der Waals surface area (Å²) in [5.74, 6) is -0.187. The zero-order chi connectivity index (χ0) is 16.2. The molecular weight excluding hydrogens is 307 g/mol. The van der Waals surface area contributed by atoms with Crippen LogP contribution >= 0.6 is 0 Å². The number of hydrogen-bond acceptors (Lipinski definition) is 3. The summed E-state index contributed by atoms with van der Waals surface area (Å²) in [5, 5.41) is 0. The first-order valence-corrected chi connectivity index (χ1v) is 7.31. The average Bonchev–Trinajstić information content (AvgIpc) is 2.56. The number of morpholine rings is 1. The molecule has 1 heterocycles. The molecule has 0 radical (unpaired) electrons. The van der Waals surface area contributed by atoms with E-state index >= 15 is 0 Å². The predicted octanol–water partition coefficient (Wildman–Crippen LogP) is 3.93. The second-order valence-electron chi connectivity index (χ2n) is 5.17. The first kappa shape index (κ1) is 15.7. The highest BCUT2D eigenvalue weighted by atomic mass is 19.3. The molecule has 0 bridgehead atoms. The van der Waals surface area contributed by atoms with Crippen molar-refractivity contribution in [2.45, 2.75) is 6.61 Å². The van der Waals surface area contributed by atoms with Crippen molar-refractivity contribution in [1.82, 2.24) is 0 Å². The van der Waals surface area contributed by atoms with Gasteiger partial charge in [0.05, 0.1) is 18.9 Å². The summed E-state index contributed by atoms with van der Waals surface area (Å²) in [6.45, 7) is -0.421. The van der Waals surface area contributed by atoms with Crippen LogP contribution in [0.15, 0.2) is 42.5 Å². The number of rotatable bonds is 4. The topological polar surface area (TPSA) is 21.7 Å². The maximum atomic E-state index is 14.1. The van der Waals surface area contributed by atoms with Crippen LogP contribution in [0, 0.1) is 5.82 Å². The Balaban J connectivity index is 1.85. The van der Waals surface area contributed by atoms with Gasteiger partial charge in [-0.1, -0.05) is 18.2 Å². The van der Waals surface area contributed by atoms with Crippen molar-refractivity contribution < 1.29 is 22.6 Å². The summed E-state index contributed by atoms with van der Waals surface area (Å²) < 4.78 is 48.0. The standard InChI is InChI=1S/C17H16F3NO2/c18-15-6-3-13(11-16(15)21-7-9-22-10-8-21)12-1-4-14(5-2-12)23-17(19)20/h1-6,11,17H,7-10H2. The molecule has 1 aliphatic heterocycles. The van der Waals surface area contributed by atoms with Gasteiger partial charge in [-0.25, -0.2) is 4.39 Å². The molecule has 1 fully saturated rings. The molecule has 1 saturated heterocycles. The van der Waals surface area contributed by atoms with Crippen LogP contribution in [0.3, 0.4) is 0 Å². The van der Waals surface area contributed by atoms with Crippen LogP contribution in [-0.4, -0.2) is 32.9 Å². The number of nitrogens with zero attached hydrogens (tertiary/aromatic N) is 1. The SMILES string of the molecule is Fc1ccc(-c2ccc(OC(F)F)cc2)cc1N1CCOCC1. The molecule has 6 heteroatoms. The van der Waals surface area contributed by atoms with Crippen molar-refractivity contribution in [3.63, 3.8) is 0 Å². The second kappa shape index (κ2) is 6.91. The van der Waals surface area contributed by atoms with Gasteiger partial charge in [0.1, 0.15) is 11.6 Å². The molecule has 0 N–H and O–H groups in total. The summed E-state index contributed by atoms with van der Waals surface area (Å²) in [6.07, 6.45) is 0. The molecule has 0 unspecified atom stereocenters. The van der Waals surface area contributed by atoms with E-state index in [1.54, 1.807) is 24.3 Å². The Morgan fingerprint density at radius 1 is 0.957 bits per heavy atom. The van der Waals surface area contributed by atoms with E-state index in [0.717, 1.165) is 11.1 Å². The van der Waals surface area contributed by atoms with Crippen LogP contribution in [-0.2, 0) is 4.74 Å². The molecule has 0 spiro atoms. The fourth-order valence-electron chi connectivity index (χ4n) is 2.57. The van der Waals surface area contributed by atoms with Gasteiger partial charge in [0.2, 0.25) is 0 Å². The molecule has 122 valence electrons. The van der Waals surface area contributed by atoms with E-state index in [1.807, 2.05) is 4.90 Å². The Kier molecular flexibility index (Phi) is 4.71. The van der Waals surface area contributed by atoms with Crippen LogP contribution < -0.4 is 9.64 Å². The molecule has 23 heavy (non-hydrogen) atoms. The number of halogens is 3. The van der Waals surface area contributed by atoms with Crippen LogP contribution in [0.25, 0.3) is 11.1 Å². The minimum Gasteiger partial charge on any atom is -0.435 e. The number of hydrogen-bond donors (Lipinski definition) is 0. The Morgan fingerprint density at radius 2 is 1.61 bits per heavy atom. The zero-order valence-electron chi connectivity index (χ0n) is 12.3. The Bertz CT molecular complexity index is 655.